The number of hydrogen-bond donors (Lipinski definition) is 2. The Kier molecular flexibility index (Phi) is 5.08. The van der Waals surface area contributed by atoms with E-state index in [0.717, 1.165) is 17.1 Å². The van der Waals surface area contributed by atoms with Crippen LogP contribution in [0.1, 0.15) is 5.56 Å². The second-order valence-corrected chi connectivity index (χ2v) is 5.60. The molecule has 2 heterocycles. The minimum Gasteiger partial charge on any atom is -0.366 e. The van der Waals surface area contributed by atoms with Crippen LogP contribution < -0.4 is 10.6 Å². The summed E-state index contributed by atoms with van der Waals surface area (Å²) in [4.78, 5) is 16.2. The summed E-state index contributed by atoms with van der Waals surface area (Å²) in [5.74, 6) is 0.621. The number of hydrogen-bond acceptors (Lipinski definition) is 4. The number of nitrogens with one attached hydrogen (secondary N) is 2. The van der Waals surface area contributed by atoms with Crippen molar-refractivity contribution < 1.29 is 4.79 Å². The maximum atomic E-state index is 12.0. The maximum Gasteiger partial charge on any atom is 0.246 e. The SMILES string of the molecule is O=C(Cn1cccn1)Nc1cccc(CNc2ccc(Cl)cn2)c1. The number of anilines is 2. The van der Waals surface area contributed by atoms with Gasteiger partial charge in [-0.25, -0.2) is 4.98 Å². The van der Waals surface area contributed by atoms with Gasteiger partial charge in [0.2, 0.25) is 5.91 Å². The summed E-state index contributed by atoms with van der Waals surface area (Å²) in [7, 11) is 0. The van der Waals surface area contributed by atoms with E-state index in [-0.39, 0.29) is 12.5 Å². The zero-order valence-electron chi connectivity index (χ0n) is 12.8. The first-order valence-corrected chi connectivity index (χ1v) is 7.78. The van der Waals surface area contributed by atoms with Crippen molar-refractivity contribution in [2.75, 3.05) is 10.6 Å². The van der Waals surface area contributed by atoms with Crippen LogP contribution in [0.5, 0.6) is 0 Å². The van der Waals surface area contributed by atoms with Crippen LogP contribution in [0.15, 0.2) is 61.1 Å². The molecule has 0 saturated carbocycles. The largest absolute Gasteiger partial charge is 0.366 e. The van der Waals surface area contributed by atoms with Gasteiger partial charge >= 0.3 is 0 Å². The molecule has 0 aliphatic heterocycles. The summed E-state index contributed by atoms with van der Waals surface area (Å²) >= 11 is 5.81. The molecule has 0 fully saturated rings. The van der Waals surface area contributed by atoms with Crippen LogP contribution >= 0.6 is 11.6 Å². The number of carbonyl (C=O) groups is 1. The molecular weight excluding hydrogens is 326 g/mol. The summed E-state index contributed by atoms with van der Waals surface area (Å²) in [6.45, 7) is 0.779. The van der Waals surface area contributed by atoms with E-state index in [1.807, 2.05) is 30.3 Å². The van der Waals surface area contributed by atoms with E-state index in [2.05, 4.69) is 20.7 Å². The van der Waals surface area contributed by atoms with Crippen LogP contribution in [0.3, 0.4) is 0 Å². The maximum absolute atomic E-state index is 12.0. The van der Waals surface area contributed by atoms with Gasteiger partial charge in [0, 0.05) is 30.8 Å². The number of pyridine rings is 1. The quantitative estimate of drug-likeness (QED) is 0.722. The fourth-order valence-corrected chi connectivity index (χ4v) is 2.29. The standard InChI is InChI=1S/C17H16ClN5O/c18-14-5-6-16(20-11-14)19-10-13-3-1-4-15(9-13)22-17(24)12-23-8-2-7-21-23/h1-9,11H,10,12H2,(H,19,20)(H,22,24). The van der Waals surface area contributed by atoms with Crippen LogP contribution in [0.25, 0.3) is 0 Å². The first kappa shape index (κ1) is 16.0. The van der Waals surface area contributed by atoms with Gasteiger partial charge in [0.25, 0.3) is 0 Å². The van der Waals surface area contributed by atoms with E-state index in [1.54, 1.807) is 35.4 Å². The number of benzene rings is 1. The molecule has 0 atom stereocenters. The van der Waals surface area contributed by atoms with Crippen molar-refractivity contribution in [3.05, 3.63) is 71.6 Å². The van der Waals surface area contributed by atoms with E-state index in [0.29, 0.717) is 11.6 Å². The van der Waals surface area contributed by atoms with E-state index in [9.17, 15) is 4.79 Å². The second kappa shape index (κ2) is 7.61. The summed E-state index contributed by atoms with van der Waals surface area (Å²) in [5, 5.41) is 10.7. The van der Waals surface area contributed by atoms with Gasteiger partial charge in [-0.15, -0.1) is 0 Å². The molecule has 1 amide bonds. The van der Waals surface area contributed by atoms with Gasteiger partial charge in [-0.3, -0.25) is 9.48 Å². The Morgan fingerprint density at radius 2 is 2.12 bits per heavy atom. The second-order valence-electron chi connectivity index (χ2n) is 5.17. The molecule has 1 aromatic carbocycles. The van der Waals surface area contributed by atoms with Crippen molar-refractivity contribution in [1.82, 2.24) is 14.8 Å². The van der Waals surface area contributed by atoms with Crippen molar-refractivity contribution in [2.45, 2.75) is 13.1 Å². The Morgan fingerprint density at radius 3 is 2.88 bits per heavy atom. The number of amides is 1. The first-order chi connectivity index (χ1) is 11.7. The number of nitrogens with zero attached hydrogens (tertiary/aromatic N) is 3. The fraction of sp³-hybridized carbons (Fsp3) is 0.118. The van der Waals surface area contributed by atoms with Crippen molar-refractivity contribution in [3.63, 3.8) is 0 Å². The van der Waals surface area contributed by atoms with Crippen molar-refractivity contribution >= 4 is 29.0 Å². The van der Waals surface area contributed by atoms with Gasteiger partial charge in [0.1, 0.15) is 12.4 Å². The van der Waals surface area contributed by atoms with Crippen LogP contribution in [0.4, 0.5) is 11.5 Å². The lowest BCUT2D eigenvalue weighted by molar-refractivity contribution is -0.116. The topological polar surface area (TPSA) is 71.8 Å². The lowest BCUT2D eigenvalue weighted by atomic mass is 10.2. The molecule has 7 heteroatoms. The van der Waals surface area contributed by atoms with Gasteiger partial charge in [0.05, 0.1) is 5.02 Å². The van der Waals surface area contributed by atoms with E-state index in [4.69, 9.17) is 11.6 Å². The average Bonchev–Trinajstić information content (AvgIpc) is 3.07. The summed E-state index contributed by atoms with van der Waals surface area (Å²) in [5.41, 5.74) is 1.78. The van der Waals surface area contributed by atoms with E-state index < -0.39 is 0 Å². The minimum absolute atomic E-state index is 0.122. The van der Waals surface area contributed by atoms with Gasteiger partial charge < -0.3 is 10.6 Å². The van der Waals surface area contributed by atoms with E-state index >= 15 is 0 Å². The molecular formula is C17H16ClN5O. The van der Waals surface area contributed by atoms with Crippen LogP contribution in [-0.2, 0) is 17.9 Å². The molecule has 2 N–H and O–H groups in total. The van der Waals surface area contributed by atoms with Crippen LogP contribution in [0.2, 0.25) is 5.02 Å². The Balaban J connectivity index is 1.57. The summed E-state index contributed by atoms with van der Waals surface area (Å²) < 4.78 is 1.58. The van der Waals surface area contributed by atoms with Gasteiger partial charge in [-0.05, 0) is 35.9 Å². The lowest BCUT2D eigenvalue weighted by Gasteiger charge is -2.09. The Hall–Kier alpha value is -2.86. The molecule has 6 nitrogen and oxygen atoms in total. The Bertz CT molecular complexity index is 802. The highest BCUT2D eigenvalue weighted by Crippen LogP contribution is 2.14. The third kappa shape index (κ3) is 4.57. The molecule has 0 unspecified atom stereocenters. The molecule has 122 valence electrons. The van der Waals surface area contributed by atoms with Crippen LogP contribution in [0, 0.1) is 0 Å². The van der Waals surface area contributed by atoms with Crippen molar-refractivity contribution in [2.24, 2.45) is 0 Å². The van der Waals surface area contributed by atoms with Crippen molar-refractivity contribution in [1.29, 1.82) is 0 Å². The first-order valence-electron chi connectivity index (χ1n) is 7.41. The molecule has 0 saturated heterocycles. The normalized spacial score (nSPS) is 10.4. The van der Waals surface area contributed by atoms with Gasteiger partial charge in [0.15, 0.2) is 0 Å². The number of halogens is 1. The van der Waals surface area contributed by atoms with Crippen molar-refractivity contribution in [3.8, 4) is 0 Å². The third-order valence-corrected chi connectivity index (χ3v) is 3.50. The highest BCUT2D eigenvalue weighted by molar-refractivity contribution is 6.30. The molecule has 2 aromatic heterocycles. The molecule has 0 spiro atoms. The summed E-state index contributed by atoms with van der Waals surface area (Å²) in [6.07, 6.45) is 4.99. The zero-order chi connectivity index (χ0) is 16.8. The molecule has 0 radical (unpaired) electrons. The van der Waals surface area contributed by atoms with Crippen LogP contribution in [-0.4, -0.2) is 20.7 Å². The Labute approximate surface area is 144 Å². The predicted molar refractivity (Wildman–Crippen MR) is 93.9 cm³/mol. The average molecular weight is 342 g/mol. The number of aromatic nitrogens is 3. The Morgan fingerprint density at radius 1 is 1.21 bits per heavy atom. The predicted octanol–water partition coefficient (Wildman–Crippen LogP) is 3.18. The molecule has 3 aromatic rings. The minimum atomic E-state index is -0.122. The van der Waals surface area contributed by atoms with E-state index in [1.165, 1.54) is 0 Å². The highest BCUT2D eigenvalue weighted by atomic mass is 35.5. The molecule has 0 aliphatic rings. The summed E-state index contributed by atoms with van der Waals surface area (Å²) in [6, 6.07) is 13.0. The molecule has 0 aliphatic carbocycles. The monoisotopic (exact) mass is 341 g/mol. The number of carbonyl (C=O) groups excluding carboxylic acids is 1. The van der Waals surface area contributed by atoms with Gasteiger partial charge in [-0.1, -0.05) is 23.7 Å². The third-order valence-electron chi connectivity index (χ3n) is 3.28. The fourth-order valence-electron chi connectivity index (χ4n) is 2.17. The van der Waals surface area contributed by atoms with Gasteiger partial charge in [-0.2, -0.15) is 5.10 Å². The lowest BCUT2D eigenvalue weighted by Crippen LogP contribution is -2.19. The molecule has 3 rings (SSSR count). The smallest absolute Gasteiger partial charge is 0.246 e. The highest BCUT2D eigenvalue weighted by Gasteiger charge is 2.04. The number of rotatable bonds is 6. The molecule has 24 heavy (non-hydrogen) atoms. The molecule has 0 bridgehead atoms. The zero-order valence-corrected chi connectivity index (χ0v) is 13.6.